The SMILES string of the molecule is CCC(C)[O][Ti]. The van der Waals surface area contributed by atoms with Crippen molar-refractivity contribution >= 4 is 0 Å². The van der Waals surface area contributed by atoms with Gasteiger partial charge in [-0.3, -0.25) is 0 Å². The van der Waals surface area contributed by atoms with E-state index in [9.17, 15) is 0 Å². The van der Waals surface area contributed by atoms with E-state index in [0.717, 1.165) is 6.42 Å². The summed E-state index contributed by atoms with van der Waals surface area (Å²) in [5.41, 5.74) is 0. The third-order valence-corrected chi connectivity index (χ3v) is 1.40. The van der Waals surface area contributed by atoms with Crippen LogP contribution in [0.25, 0.3) is 0 Å². The van der Waals surface area contributed by atoms with Crippen LogP contribution in [-0.4, -0.2) is 6.10 Å². The summed E-state index contributed by atoms with van der Waals surface area (Å²) >= 11 is 1.73. The topological polar surface area (TPSA) is 9.23 Å². The molecule has 0 aromatic rings. The first kappa shape index (κ1) is 6.67. The molecule has 0 rings (SSSR count). The molecule has 1 unspecified atom stereocenters. The molecule has 0 aliphatic heterocycles. The molecule has 0 aliphatic carbocycles. The van der Waals surface area contributed by atoms with E-state index >= 15 is 0 Å². The second-order valence-electron chi connectivity index (χ2n) is 1.34. The number of hydrogen-bond donors (Lipinski definition) is 0. The Morgan fingerprint density at radius 3 is 2.33 bits per heavy atom. The Hall–Kier alpha value is 0.674. The van der Waals surface area contributed by atoms with Gasteiger partial charge in [0, 0.05) is 0 Å². The van der Waals surface area contributed by atoms with E-state index in [4.69, 9.17) is 3.32 Å². The first-order valence-electron chi connectivity index (χ1n) is 2.13. The van der Waals surface area contributed by atoms with E-state index in [0.29, 0.717) is 6.10 Å². The van der Waals surface area contributed by atoms with E-state index in [-0.39, 0.29) is 0 Å². The molecule has 0 heterocycles. The van der Waals surface area contributed by atoms with E-state index in [2.05, 4.69) is 13.8 Å². The predicted octanol–water partition coefficient (Wildman–Crippen LogP) is 1.26. The molecule has 0 N–H and O–H groups in total. The van der Waals surface area contributed by atoms with Crippen LogP contribution in [0.2, 0.25) is 0 Å². The van der Waals surface area contributed by atoms with Crippen LogP contribution < -0.4 is 0 Å². The van der Waals surface area contributed by atoms with E-state index in [1.165, 1.54) is 0 Å². The van der Waals surface area contributed by atoms with Gasteiger partial charge in [-0.05, 0) is 0 Å². The fourth-order valence-electron chi connectivity index (χ4n) is 0.0833. The summed E-state index contributed by atoms with van der Waals surface area (Å²) in [7, 11) is 0. The van der Waals surface area contributed by atoms with Gasteiger partial charge in [0.2, 0.25) is 0 Å². The standard InChI is InChI=1S/C4H9O.Ti/c1-3-4(2)5;/h4H,3H2,1-2H3;/q-1;+1. The predicted molar refractivity (Wildman–Crippen MR) is 20.8 cm³/mol. The van der Waals surface area contributed by atoms with Gasteiger partial charge in [-0.25, -0.2) is 0 Å². The van der Waals surface area contributed by atoms with Crippen molar-refractivity contribution in [3.05, 3.63) is 0 Å². The Morgan fingerprint density at radius 1 is 1.83 bits per heavy atom. The minimum atomic E-state index is 0.435. The Labute approximate surface area is 51.0 Å². The molecule has 1 nitrogen and oxygen atoms in total. The maximum atomic E-state index is 4.90. The van der Waals surface area contributed by atoms with Gasteiger partial charge in [-0.15, -0.1) is 0 Å². The molecule has 0 fully saturated rings. The number of rotatable bonds is 2. The summed E-state index contributed by atoms with van der Waals surface area (Å²) in [6.45, 7) is 4.16. The summed E-state index contributed by atoms with van der Waals surface area (Å²) in [6, 6.07) is 0. The molecule has 0 aromatic heterocycles. The first-order valence-corrected chi connectivity index (χ1v) is 2.77. The van der Waals surface area contributed by atoms with Crippen LogP contribution in [0.1, 0.15) is 20.3 Å². The van der Waals surface area contributed by atoms with Crippen molar-refractivity contribution in [3.63, 3.8) is 0 Å². The van der Waals surface area contributed by atoms with Crippen molar-refractivity contribution in [1.29, 1.82) is 0 Å². The summed E-state index contributed by atoms with van der Waals surface area (Å²) in [6.07, 6.45) is 1.54. The van der Waals surface area contributed by atoms with Crippen LogP contribution in [0.4, 0.5) is 0 Å². The van der Waals surface area contributed by atoms with Crippen molar-refractivity contribution in [3.8, 4) is 0 Å². The maximum absolute atomic E-state index is 4.90. The van der Waals surface area contributed by atoms with Gasteiger partial charge in [-0.2, -0.15) is 0 Å². The van der Waals surface area contributed by atoms with Crippen molar-refractivity contribution in [2.45, 2.75) is 26.4 Å². The Balaban J connectivity index is 2.75. The fraction of sp³-hybridized carbons (Fsp3) is 1.00. The molecular weight excluding hydrogens is 112 g/mol. The van der Waals surface area contributed by atoms with E-state index in [1.54, 1.807) is 20.8 Å². The van der Waals surface area contributed by atoms with Crippen LogP contribution in [0.3, 0.4) is 0 Å². The average Bonchev–Trinajstić information content (AvgIpc) is 1.65. The van der Waals surface area contributed by atoms with Crippen LogP contribution in [0.15, 0.2) is 0 Å². The number of hydrogen-bond acceptors (Lipinski definition) is 1. The van der Waals surface area contributed by atoms with Gasteiger partial charge in [0.1, 0.15) is 0 Å². The zero-order chi connectivity index (χ0) is 4.99. The Morgan fingerprint density at radius 2 is 2.33 bits per heavy atom. The quantitative estimate of drug-likeness (QED) is 0.499. The van der Waals surface area contributed by atoms with Crippen molar-refractivity contribution in [2.24, 2.45) is 0 Å². The zero-order valence-corrected chi connectivity index (χ0v) is 5.75. The van der Waals surface area contributed by atoms with Gasteiger partial charge in [0.15, 0.2) is 0 Å². The van der Waals surface area contributed by atoms with Gasteiger partial charge in [0.05, 0.1) is 0 Å². The van der Waals surface area contributed by atoms with Gasteiger partial charge in [0.25, 0.3) is 0 Å². The molecule has 0 aromatic carbocycles. The van der Waals surface area contributed by atoms with Crippen molar-refractivity contribution in [1.82, 2.24) is 0 Å². The average molecular weight is 121 g/mol. The monoisotopic (exact) mass is 121 g/mol. The van der Waals surface area contributed by atoms with Gasteiger partial charge >= 0.3 is 50.5 Å². The Kier molecular flexibility index (Phi) is 4.28. The molecule has 2 heteroatoms. The van der Waals surface area contributed by atoms with E-state index < -0.39 is 0 Å². The van der Waals surface area contributed by atoms with Crippen LogP contribution in [0.5, 0.6) is 0 Å². The third kappa shape index (κ3) is 2.89. The molecule has 6 heavy (non-hydrogen) atoms. The molecule has 1 atom stereocenters. The van der Waals surface area contributed by atoms with Gasteiger partial charge < -0.3 is 0 Å². The van der Waals surface area contributed by atoms with Crippen molar-refractivity contribution < 1.29 is 24.1 Å². The second-order valence-corrected chi connectivity index (χ2v) is 1.70. The normalized spacial score (nSPS) is 14.2. The summed E-state index contributed by atoms with van der Waals surface area (Å²) < 4.78 is 4.90. The molecular formula is C4H9OTi. The second kappa shape index (κ2) is 3.85. The van der Waals surface area contributed by atoms with Crippen LogP contribution in [-0.2, 0) is 24.1 Å². The van der Waals surface area contributed by atoms with Crippen molar-refractivity contribution in [2.75, 3.05) is 0 Å². The zero-order valence-electron chi connectivity index (χ0n) is 4.19. The third-order valence-electron chi connectivity index (χ3n) is 0.776. The summed E-state index contributed by atoms with van der Waals surface area (Å²) in [5, 5.41) is 0. The molecule has 0 aliphatic rings. The Bertz CT molecular complexity index is 26.7. The fourth-order valence-corrected chi connectivity index (χ4v) is 0.344. The summed E-state index contributed by atoms with van der Waals surface area (Å²) in [5.74, 6) is 0. The molecule has 0 saturated carbocycles. The molecule has 35 valence electrons. The summed E-state index contributed by atoms with van der Waals surface area (Å²) in [4.78, 5) is 0. The first-order chi connectivity index (χ1) is 2.81. The molecule has 0 saturated heterocycles. The molecule has 0 radical (unpaired) electrons. The minimum absolute atomic E-state index is 0.435. The van der Waals surface area contributed by atoms with Gasteiger partial charge in [-0.1, -0.05) is 0 Å². The molecule has 0 spiro atoms. The van der Waals surface area contributed by atoms with E-state index in [1.807, 2.05) is 0 Å². The van der Waals surface area contributed by atoms with Crippen LogP contribution in [0, 0.1) is 0 Å². The molecule has 0 amide bonds. The van der Waals surface area contributed by atoms with Crippen LogP contribution >= 0.6 is 0 Å². The molecule has 0 bridgehead atoms.